The molecule has 4 fully saturated rings. The molecule has 0 unspecified atom stereocenters. The maximum atomic E-state index is 13.6. The van der Waals surface area contributed by atoms with Gasteiger partial charge in [-0.3, -0.25) is 4.79 Å². The molecule has 5 rings (SSSR count). The molecular weight excluding hydrogens is 313 g/mol. The van der Waals surface area contributed by atoms with Gasteiger partial charge in [-0.05, 0) is 19.1 Å². The number of amides is 1. The summed E-state index contributed by atoms with van der Waals surface area (Å²) in [5.41, 5.74) is -1.22. The van der Waals surface area contributed by atoms with Crippen LogP contribution in [0, 0.1) is 0 Å². The summed E-state index contributed by atoms with van der Waals surface area (Å²) in [7, 11) is 0. The van der Waals surface area contributed by atoms with Gasteiger partial charge in [0.25, 0.3) is 0 Å². The number of aromatic nitrogens is 2. The Labute approximate surface area is 131 Å². The summed E-state index contributed by atoms with van der Waals surface area (Å²) in [6.45, 7) is 0. The molecule has 0 saturated heterocycles. The van der Waals surface area contributed by atoms with E-state index in [4.69, 9.17) is 11.6 Å². The van der Waals surface area contributed by atoms with Crippen LogP contribution in [-0.2, 0) is 10.2 Å². The molecule has 1 N–H and O–H groups in total. The van der Waals surface area contributed by atoms with Gasteiger partial charge in [0.2, 0.25) is 5.91 Å². The van der Waals surface area contributed by atoms with Gasteiger partial charge in [0.1, 0.15) is 10.8 Å². The highest BCUT2D eigenvalue weighted by Crippen LogP contribution is 2.63. The van der Waals surface area contributed by atoms with Gasteiger partial charge in [0.05, 0.1) is 5.41 Å². The predicted molar refractivity (Wildman–Crippen MR) is 78.3 cm³/mol. The van der Waals surface area contributed by atoms with E-state index in [2.05, 4.69) is 15.3 Å². The Bertz CT molecular complexity index is 629. The number of nitrogens with zero attached hydrogens (tertiary/aromatic N) is 2. The average Bonchev–Trinajstić information content (AvgIpc) is 3.16. The van der Waals surface area contributed by atoms with Crippen LogP contribution in [0.5, 0.6) is 0 Å². The first-order valence-electron chi connectivity index (χ1n) is 6.99. The van der Waals surface area contributed by atoms with Crippen LogP contribution in [0.4, 0.5) is 4.39 Å². The third-order valence-electron chi connectivity index (χ3n) is 4.95. The zero-order chi connectivity index (χ0) is 14.9. The fourth-order valence-electron chi connectivity index (χ4n) is 3.67. The van der Waals surface area contributed by atoms with Crippen LogP contribution in [0.25, 0.3) is 0 Å². The highest BCUT2D eigenvalue weighted by atomic mass is 35.5. The molecule has 7 heteroatoms. The van der Waals surface area contributed by atoms with Gasteiger partial charge in [-0.1, -0.05) is 23.4 Å². The van der Waals surface area contributed by atoms with Crippen molar-refractivity contribution in [2.75, 3.05) is 6.26 Å². The molecule has 0 atom stereocenters. The maximum Gasteiger partial charge on any atom is 0.231 e. The maximum absolute atomic E-state index is 13.6. The van der Waals surface area contributed by atoms with E-state index < -0.39 is 11.1 Å². The molecule has 4 saturated carbocycles. The SMILES string of the molecule is CSc1ncc(C2(C(=O)NC34CC(F)(C3)C4)CC2)c(Cl)n1. The summed E-state index contributed by atoms with van der Waals surface area (Å²) < 4.78 is 13.6. The molecule has 112 valence electrons. The number of carbonyl (C=O) groups excluding carboxylic acids is 1. The second kappa shape index (κ2) is 4.10. The number of nitrogens with one attached hydrogen (secondary N) is 1. The Morgan fingerprint density at radius 1 is 1.43 bits per heavy atom. The molecular formula is C14H15ClFN3OS. The molecule has 1 aromatic heterocycles. The quantitative estimate of drug-likeness (QED) is 0.525. The number of carbonyl (C=O) groups is 1. The van der Waals surface area contributed by atoms with Crippen molar-refractivity contribution in [1.29, 1.82) is 0 Å². The van der Waals surface area contributed by atoms with Crippen molar-refractivity contribution >= 4 is 29.3 Å². The highest BCUT2D eigenvalue weighted by molar-refractivity contribution is 7.98. The number of hydrogen-bond acceptors (Lipinski definition) is 4. The van der Waals surface area contributed by atoms with Crippen molar-refractivity contribution in [3.05, 3.63) is 16.9 Å². The van der Waals surface area contributed by atoms with Crippen molar-refractivity contribution in [2.24, 2.45) is 0 Å². The molecule has 0 spiro atoms. The third kappa shape index (κ3) is 1.91. The van der Waals surface area contributed by atoms with Gasteiger partial charge in [0.15, 0.2) is 5.16 Å². The van der Waals surface area contributed by atoms with Crippen molar-refractivity contribution in [2.45, 2.75) is 53.9 Å². The number of thioether (sulfide) groups is 1. The van der Waals surface area contributed by atoms with E-state index >= 15 is 0 Å². The van der Waals surface area contributed by atoms with Crippen LogP contribution in [0.15, 0.2) is 11.4 Å². The molecule has 4 aliphatic rings. The molecule has 1 heterocycles. The zero-order valence-electron chi connectivity index (χ0n) is 11.6. The molecule has 0 aromatic carbocycles. The number of halogens is 2. The molecule has 4 aliphatic carbocycles. The molecule has 0 radical (unpaired) electrons. The number of hydrogen-bond donors (Lipinski definition) is 1. The molecule has 0 aliphatic heterocycles. The topological polar surface area (TPSA) is 54.9 Å². The first-order chi connectivity index (χ1) is 9.90. The standard InChI is InChI=1S/C14H15ClFN3OS/c1-21-11-17-4-8(9(15)18-11)14(2-3-14)10(20)19-13-5-12(16,6-13)7-13/h4H,2-3,5-7H2,1H3,(H,19,20). The molecule has 1 aromatic rings. The van der Waals surface area contributed by atoms with Gasteiger partial charge in [0, 0.05) is 36.6 Å². The average molecular weight is 328 g/mol. The van der Waals surface area contributed by atoms with Crippen LogP contribution in [0.3, 0.4) is 0 Å². The second-order valence-electron chi connectivity index (χ2n) is 6.56. The number of alkyl halides is 1. The minimum absolute atomic E-state index is 0.0494. The smallest absolute Gasteiger partial charge is 0.231 e. The van der Waals surface area contributed by atoms with Crippen LogP contribution in [-0.4, -0.2) is 33.3 Å². The highest BCUT2D eigenvalue weighted by Gasteiger charge is 2.71. The second-order valence-corrected chi connectivity index (χ2v) is 7.69. The van der Waals surface area contributed by atoms with Gasteiger partial charge >= 0.3 is 0 Å². The first-order valence-corrected chi connectivity index (χ1v) is 8.59. The van der Waals surface area contributed by atoms with E-state index in [1.54, 1.807) is 6.20 Å². The monoisotopic (exact) mass is 327 g/mol. The van der Waals surface area contributed by atoms with Gasteiger partial charge in [-0.15, -0.1) is 0 Å². The Kier molecular flexibility index (Phi) is 2.69. The van der Waals surface area contributed by atoms with Crippen molar-refractivity contribution in [3.8, 4) is 0 Å². The Morgan fingerprint density at radius 2 is 2.10 bits per heavy atom. The normalized spacial score (nSPS) is 34.6. The lowest BCUT2D eigenvalue weighted by molar-refractivity contribution is -0.176. The van der Waals surface area contributed by atoms with Crippen molar-refractivity contribution in [1.82, 2.24) is 15.3 Å². The van der Waals surface area contributed by atoms with Crippen LogP contribution in [0.2, 0.25) is 5.15 Å². The van der Waals surface area contributed by atoms with Crippen molar-refractivity contribution < 1.29 is 9.18 Å². The third-order valence-corrected chi connectivity index (χ3v) is 5.80. The van der Waals surface area contributed by atoms with Gasteiger partial charge in [-0.2, -0.15) is 0 Å². The summed E-state index contributed by atoms with van der Waals surface area (Å²) in [6.07, 6.45) is 6.40. The van der Waals surface area contributed by atoms with Crippen LogP contribution >= 0.6 is 23.4 Å². The fourth-order valence-corrected chi connectivity index (χ4v) is 4.37. The summed E-state index contributed by atoms with van der Waals surface area (Å²) >= 11 is 7.63. The predicted octanol–water partition coefficient (Wildman–Crippen LogP) is 2.64. The number of rotatable bonds is 4. The van der Waals surface area contributed by atoms with E-state index in [0.29, 0.717) is 35.1 Å². The largest absolute Gasteiger partial charge is 0.350 e. The lowest BCUT2D eigenvalue weighted by Crippen LogP contribution is -2.77. The fraction of sp³-hybridized carbons (Fsp3) is 0.643. The van der Waals surface area contributed by atoms with E-state index in [1.807, 2.05) is 6.26 Å². The summed E-state index contributed by atoms with van der Waals surface area (Å²) in [5.74, 6) is -0.0494. The molecule has 2 bridgehead atoms. The summed E-state index contributed by atoms with van der Waals surface area (Å²) in [6, 6.07) is 0. The van der Waals surface area contributed by atoms with E-state index in [-0.39, 0.29) is 11.4 Å². The Balaban J connectivity index is 1.55. The van der Waals surface area contributed by atoms with Gasteiger partial charge < -0.3 is 5.32 Å². The Hall–Kier alpha value is -0.880. The first kappa shape index (κ1) is 13.8. The Morgan fingerprint density at radius 3 is 2.57 bits per heavy atom. The lowest BCUT2D eigenvalue weighted by atomic mass is 9.47. The minimum Gasteiger partial charge on any atom is -0.350 e. The summed E-state index contributed by atoms with van der Waals surface area (Å²) in [4.78, 5) is 21.1. The van der Waals surface area contributed by atoms with E-state index in [0.717, 1.165) is 12.8 Å². The molecule has 1 amide bonds. The molecule has 4 nitrogen and oxygen atoms in total. The minimum atomic E-state index is -1.01. The van der Waals surface area contributed by atoms with Crippen molar-refractivity contribution in [3.63, 3.8) is 0 Å². The van der Waals surface area contributed by atoms with Crippen LogP contribution in [0.1, 0.15) is 37.7 Å². The lowest BCUT2D eigenvalue weighted by Gasteiger charge is -2.65. The van der Waals surface area contributed by atoms with E-state index in [1.165, 1.54) is 11.8 Å². The summed E-state index contributed by atoms with van der Waals surface area (Å²) in [5, 5.41) is 3.99. The van der Waals surface area contributed by atoms with E-state index in [9.17, 15) is 9.18 Å². The zero-order valence-corrected chi connectivity index (χ0v) is 13.2. The van der Waals surface area contributed by atoms with Gasteiger partial charge in [-0.25, -0.2) is 14.4 Å². The van der Waals surface area contributed by atoms with Crippen LogP contribution < -0.4 is 5.32 Å². The molecule has 21 heavy (non-hydrogen) atoms.